The van der Waals surface area contributed by atoms with Gasteiger partial charge in [-0.05, 0) is 92.5 Å². The van der Waals surface area contributed by atoms with Crippen LogP contribution in [0.2, 0.25) is 0 Å². The Hall–Kier alpha value is -3.68. The van der Waals surface area contributed by atoms with Crippen LogP contribution in [0.5, 0.6) is 0 Å². The van der Waals surface area contributed by atoms with Crippen molar-refractivity contribution < 1.29 is 9.59 Å². The standard InChI is InChI=1S/C23H30N6O2/c1-12-7-14(3)20(10-26-28-22(24)30)16(5)18(12)9-19-13(2)8-15(4)21(17(19)6)11-27-29-23(25)31/h7-8,10-11H,9H2,1-6H3,(H3,24,28,30)(H3,25,29,31)/b26-10+,27-11+. The molecular formula is C23H30N6O2. The van der Waals surface area contributed by atoms with Gasteiger partial charge in [0.05, 0.1) is 12.4 Å². The predicted molar refractivity (Wildman–Crippen MR) is 125 cm³/mol. The number of nitrogens with two attached hydrogens (primary N) is 2. The second kappa shape index (κ2) is 9.88. The Morgan fingerprint density at radius 3 is 1.42 bits per heavy atom. The van der Waals surface area contributed by atoms with Gasteiger partial charge in [0, 0.05) is 11.1 Å². The molecule has 2 rings (SSSR count). The molecule has 8 nitrogen and oxygen atoms in total. The Morgan fingerprint density at radius 2 is 1.10 bits per heavy atom. The van der Waals surface area contributed by atoms with Crippen LogP contribution in [0.1, 0.15) is 55.6 Å². The molecule has 0 heterocycles. The second-order valence-electron chi connectivity index (χ2n) is 7.70. The smallest absolute Gasteiger partial charge is 0.332 e. The van der Waals surface area contributed by atoms with Crippen LogP contribution in [-0.2, 0) is 6.42 Å². The number of aryl methyl sites for hydroxylation is 4. The predicted octanol–water partition coefficient (Wildman–Crippen LogP) is 3.13. The first-order valence-electron chi connectivity index (χ1n) is 9.89. The fraction of sp³-hybridized carbons (Fsp3) is 0.304. The minimum Gasteiger partial charge on any atom is -0.350 e. The molecule has 0 saturated carbocycles. The van der Waals surface area contributed by atoms with Crippen molar-refractivity contribution in [2.45, 2.75) is 48.0 Å². The molecule has 0 aliphatic carbocycles. The van der Waals surface area contributed by atoms with Gasteiger partial charge in [0.1, 0.15) is 0 Å². The van der Waals surface area contributed by atoms with E-state index in [1.54, 1.807) is 12.4 Å². The fourth-order valence-electron chi connectivity index (χ4n) is 3.93. The van der Waals surface area contributed by atoms with Gasteiger partial charge in [-0.25, -0.2) is 20.4 Å². The zero-order chi connectivity index (χ0) is 23.3. The molecule has 0 fully saturated rings. The molecule has 6 N–H and O–H groups in total. The van der Waals surface area contributed by atoms with Crippen LogP contribution in [0, 0.1) is 41.5 Å². The molecule has 0 atom stereocenters. The van der Waals surface area contributed by atoms with Crippen molar-refractivity contribution in [2.24, 2.45) is 21.7 Å². The van der Waals surface area contributed by atoms with Gasteiger partial charge in [-0.2, -0.15) is 10.2 Å². The van der Waals surface area contributed by atoms with Crippen molar-refractivity contribution in [3.8, 4) is 0 Å². The Labute approximate surface area is 182 Å². The number of primary amides is 2. The van der Waals surface area contributed by atoms with Crippen LogP contribution in [0.15, 0.2) is 22.3 Å². The number of nitrogens with one attached hydrogen (secondary N) is 2. The molecule has 31 heavy (non-hydrogen) atoms. The van der Waals surface area contributed by atoms with E-state index in [0.29, 0.717) is 0 Å². The first-order chi connectivity index (χ1) is 14.5. The van der Waals surface area contributed by atoms with E-state index >= 15 is 0 Å². The van der Waals surface area contributed by atoms with Gasteiger partial charge < -0.3 is 11.5 Å². The fourth-order valence-corrected chi connectivity index (χ4v) is 3.93. The Kier molecular flexibility index (Phi) is 7.52. The highest BCUT2D eigenvalue weighted by Gasteiger charge is 2.15. The molecular weight excluding hydrogens is 392 g/mol. The van der Waals surface area contributed by atoms with Crippen molar-refractivity contribution in [1.82, 2.24) is 10.9 Å². The van der Waals surface area contributed by atoms with E-state index < -0.39 is 12.1 Å². The average Bonchev–Trinajstić information content (AvgIpc) is 2.65. The Morgan fingerprint density at radius 1 is 0.742 bits per heavy atom. The van der Waals surface area contributed by atoms with Gasteiger partial charge in [-0.15, -0.1) is 0 Å². The topological polar surface area (TPSA) is 135 Å². The summed E-state index contributed by atoms with van der Waals surface area (Å²) in [5.41, 5.74) is 25.7. The molecule has 4 amide bonds. The lowest BCUT2D eigenvalue weighted by molar-refractivity contribution is 0.248. The molecule has 2 aromatic carbocycles. The molecule has 0 aromatic heterocycles. The minimum atomic E-state index is -0.704. The lowest BCUT2D eigenvalue weighted by Crippen LogP contribution is -2.24. The van der Waals surface area contributed by atoms with E-state index in [9.17, 15) is 9.59 Å². The number of carbonyl (C=O) groups excluding carboxylic acids is 2. The third-order valence-corrected chi connectivity index (χ3v) is 5.47. The summed E-state index contributed by atoms with van der Waals surface area (Å²) in [5.74, 6) is 0. The summed E-state index contributed by atoms with van der Waals surface area (Å²) >= 11 is 0. The van der Waals surface area contributed by atoms with Crippen molar-refractivity contribution in [1.29, 1.82) is 0 Å². The molecule has 0 radical (unpaired) electrons. The normalized spacial score (nSPS) is 11.3. The Balaban J connectivity index is 2.53. The van der Waals surface area contributed by atoms with E-state index in [1.165, 1.54) is 22.3 Å². The van der Waals surface area contributed by atoms with Crippen LogP contribution < -0.4 is 22.3 Å². The lowest BCUT2D eigenvalue weighted by atomic mass is 9.85. The quantitative estimate of drug-likeness (QED) is 0.420. The Bertz CT molecular complexity index is 1000. The molecule has 2 aromatic rings. The second-order valence-corrected chi connectivity index (χ2v) is 7.70. The summed E-state index contributed by atoms with van der Waals surface area (Å²) in [5, 5.41) is 7.88. The first kappa shape index (κ1) is 23.6. The van der Waals surface area contributed by atoms with Crippen LogP contribution in [0.4, 0.5) is 9.59 Å². The van der Waals surface area contributed by atoms with E-state index in [4.69, 9.17) is 11.5 Å². The number of benzene rings is 2. The van der Waals surface area contributed by atoms with Crippen LogP contribution in [-0.4, -0.2) is 24.5 Å². The SMILES string of the molecule is Cc1cc(C)c(Cc2c(C)cc(C)c(/C=N/NC(N)=O)c2C)c(C)c1/C=N/NC(N)=O. The number of rotatable bonds is 6. The summed E-state index contributed by atoms with van der Waals surface area (Å²) in [4.78, 5) is 21.8. The number of hydrogen-bond donors (Lipinski definition) is 4. The van der Waals surface area contributed by atoms with Crippen molar-refractivity contribution >= 4 is 24.5 Å². The number of nitrogens with zero attached hydrogens (tertiary/aromatic N) is 2. The molecule has 0 spiro atoms. The largest absolute Gasteiger partial charge is 0.350 e. The number of hydrogen-bond acceptors (Lipinski definition) is 4. The summed E-state index contributed by atoms with van der Waals surface area (Å²) in [7, 11) is 0. The molecule has 8 heteroatoms. The molecule has 0 aliphatic heterocycles. The number of carbonyl (C=O) groups is 2. The minimum absolute atomic E-state index is 0.704. The highest BCUT2D eigenvalue weighted by atomic mass is 16.2. The van der Waals surface area contributed by atoms with Crippen LogP contribution in [0.25, 0.3) is 0 Å². The van der Waals surface area contributed by atoms with E-state index in [1.807, 2.05) is 13.8 Å². The van der Waals surface area contributed by atoms with Crippen LogP contribution in [0.3, 0.4) is 0 Å². The number of hydrazone groups is 2. The lowest BCUT2D eigenvalue weighted by Gasteiger charge is -2.19. The zero-order valence-electron chi connectivity index (χ0n) is 18.9. The van der Waals surface area contributed by atoms with E-state index in [2.05, 4.69) is 60.9 Å². The van der Waals surface area contributed by atoms with Crippen molar-refractivity contribution in [3.63, 3.8) is 0 Å². The number of urea groups is 2. The van der Waals surface area contributed by atoms with Gasteiger partial charge in [-0.3, -0.25) is 0 Å². The van der Waals surface area contributed by atoms with Gasteiger partial charge in [0.15, 0.2) is 0 Å². The third-order valence-electron chi connectivity index (χ3n) is 5.47. The third kappa shape index (κ3) is 5.69. The maximum atomic E-state index is 10.9. The molecule has 164 valence electrons. The summed E-state index contributed by atoms with van der Waals surface area (Å²) in [6, 6.07) is 2.83. The van der Waals surface area contributed by atoms with Gasteiger partial charge in [0.2, 0.25) is 0 Å². The van der Waals surface area contributed by atoms with Gasteiger partial charge >= 0.3 is 12.1 Å². The van der Waals surface area contributed by atoms with Crippen molar-refractivity contribution in [3.05, 3.63) is 67.8 Å². The summed E-state index contributed by atoms with van der Waals surface area (Å²) < 4.78 is 0. The van der Waals surface area contributed by atoms with Crippen molar-refractivity contribution in [2.75, 3.05) is 0 Å². The highest BCUT2D eigenvalue weighted by molar-refractivity contribution is 5.87. The molecule has 0 unspecified atom stereocenters. The summed E-state index contributed by atoms with van der Waals surface area (Å²) in [6.45, 7) is 12.3. The zero-order valence-corrected chi connectivity index (χ0v) is 18.9. The number of amides is 4. The van der Waals surface area contributed by atoms with E-state index in [-0.39, 0.29) is 0 Å². The summed E-state index contributed by atoms with van der Waals surface area (Å²) in [6.07, 6.45) is 3.98. The maximum Gasteiger partial charge on any atom is 0.332 e. The van der Waals surface area contributed by atoms with Gasteiger partial charge in [-0.1, -0.05) is 12.1 Å². The monoisotopic (exact) mass is 422 g/mol. The maximum absolute atomic E-state index is 10.9. The molecule has 0 bridgehead atoms. The highest BCUT2D eigenvalue weighted by Crippen LogP contribution is 2.28. The average molecular weight is 423 g/mol. The van der Waals surface area contributed by atoms with E-state index in [0.717, 1.165) is 39.8 Å². The molecule has 0 saturated heterocycles. The molecule has 0 aliphatic rings. The first-order valence-corrected chi connectivity index (χ1v) is 9.89. The van der Waals surface area contributed by atoms with Gasteiger partial charge in [0.25, 0.3) is 0 Å². The van der Waals surface area contributed by atoms with Crippen LogP contribution >= 0.6 is 0 Å².